The lowest BCUT2D eigenvalue weighted by Crippen LogP contribution is -3.21. The van der Waals surface area contributed by atoms with Gasteiger partial charge in [-0.05, 0) is 12.8 Å². The van der Waals surface area contributed by atoms with Crippen LogP contribution in [0.2, 0.25) is 0 Å². The maximum atomic E-state index is 11.3. The quantitative estimate of drug-likeness (QED) is 0.477. The molecule has 1 saturated heterocycles. The van der Waals surface area contributed by atoms with Crippen LogP contribution in [0.5, 0.6) is 0 Å². The number of carbonyl (C=O) groups is 1. The van der Waals surface area contributed by atoms with Crippen molar-refractivity contribution in [3.63, 3.8) is 0 Å². The Bertz CT molecular complexity index is 179. The highest BCUT2D eigenvalue weighted by Crippen LogP contribution is 2.28. The Morgan fingerprint density at radius 3 is 2.46 bits per heavy atom. The van der Waals surface area contributed by atoms with Gasteiger partial charge in [-0.15, -0.1) is 0 Å². The summed E-state index contributed by atoms with van der Waals surface area (Å²) in [7, 11) is 0. The summed E-state index contributed by atoms with van der Waals surface area (Å²) in [6.45, 7) is 3.33. The largest absolute Gasteiger partial charge is 1.00 e. The second-order valence-electron chi connectivity index (χ2n) is 3.48. The molecular formula is C8H15ClN2O2. The van der Waals surface area contributed by atoms with Crippen LogP contribution in [0.3, 0.4) is 0 Å². The van der Waals surface area contributed by atoms with Crippen LogP contribution in [0, 0.1) is 5.92 Å². The van der Waals surface area contributed by atoms with E-state index >= 15 is 0 Å². The van der Waals surface area contributed by atoms with E-state index in [2.05, 4.69) is 5.43 Å². The topological polar surface area (TPSA) is 42.8 Å². The molecule has 0 aromatic carbocycles. The van der Waals surface area contributed by atoms with Crippen LogP contribution in [0.15, 0.2) is 0 Å². The Hall–Kier alpha value is -0.320. The lowest BCUT2D eigenvalue weighted by Gasteiger charge is -2.23. The van der Waals surface area contributed by atoms with Crippen molar-refractivity contribution in [2.45, 2.75) is 12.8 Å². The first kappa shape index (κ1) is 10.8. The van der Waals surface area contributed by atoms with Gasteiger partial charge in [0.25, 0.3) is 5.91 Å². The van der Waals surface area contributed by atoms with Crippen LogP contribution in [-0.2, 0) is 9.53 Å². The Labute approximate surface area is 84.0 Å². The average molecular weight is 207 g/mol. The fourth-order valence-electron chi connectivity index (χ4n) is 1.36. The van der Waals surface area contributed by atoms with Crippen LogP contribution in [0.4, 0.5) is 0 Å². The van der Waals surface area contributed by atoms with E-state index in [9.17, 15) is 4.79 Å². The van der Waals surface area contributed by atoms with Gasteiger partial charge in [0.05, 0.1) is 13.2 Å². The smallest absolute Gasteiger partial charge is 0.268 e. The molecule has 76 valence electrons. The summed E-state index contributed by atoms with van der Waals surface area (Å²) in [6.07, 6.45) is 2.16. The number of halogens is 1. The van der Waals surface area contributed by atoms with Crippen LogP contribution in [0.1, 0.15) is 12.8 Å². The Kier molecular flexibility index (Phi) is 3.96. The lowest BCUT2D eigenvalue weighted by molar-refractivity contribution is -0.943. The van der Waals surface area contributed by atoms with Gasteiger partial charge < -0.3 is 17.1 Å². The van der Waals surface area contributed by atoms with E-state index in [0.29, 0.717) is 5.92 Å². The number of amides is 1. The zero-order valence-corrected chi connectivity index (χ0v) is 8.27. The Morgan fingerprint density at radius 1 is 1.31 bits per heavy atom. The summed E-state index contributed by atoms with van der Waals surface area (Å²) < 4.78 is 5.19. The Morgan fingerprint density at radius 2 is 1.92 bits per heavy atom. The monoisotopic (exact) mass is 206 g/mol. The lowest BCUT2D eigenvalue weighted by atomic mass is 10.4. The van der Waals surface area contributed by atoms with Gasteiger partial charge in [0.15, 0.2) is 0 Å². The van der Waals surface area contributed by atoms with Crippen molar-refractivity contribution in [1.29, 1.82) is 0 Å². The number of rotatable bonds is 2. The summed E-state index contributed by atoms with van der Waals surface area (Å²) in [5.41, 5.74) is 2.98. The molecule has 0 unspecified atom stereocenters. The molecule has 0 aromatic rings. The fraction of sp³-hybridized carbons (Fsp3) is 0.875. The molecule has 1 heterocycles. The van der Waals surface area contributed by atoms with Crippen LogP contribution >= 0.6 is 0 Å². The van der Waals surface area contributed by atoms with E-state index in [0.717, 1.165) is 44.2 Å². The summed E-state index contributed by atoms with van der Waals surface area (Å²) >= 11 is 0. The van der Waals surface area contributed by atoms with Gasteiger partial charge in [-0.1, -0.05) is 0 Å². The van der Waals surface area contributed by atoms with Gasteiger partial charge in [0, 0.05) is 5.92 Å². The molecule has 1 saturated carbocycles. The molecule has 1 aliphatic heterocycles. The normalized spacial score (nSPS) is 23.4. The van der Waals surface area contributed by atoms with Crippen molar-refractivity contribution < 1.29 is 26.9 Å². The van der Waals surface area contributed by atoms with Crippen LogP contribution < -0.4 is 22.8 Å². The molecule has 0 radical (unpaired) electrons. The van der Waals surface area contributed by atoms with Gasteiger partial charge >= 0.3 is 0 Å². The second kappa shape index (κ2) is 4.79. The minimum Gasteiger partial charge on any atom is -1.00 e. The highest BCUT2D eigenvalue weighted by atomic mass is 35.5. The standard InChI is InChI=1S/C8H14N2O2.ClH/c11-8(7-1-2-7)9-10-3-5-12-6-4-10;/h7H,1-6H2,(H,9,11);1H. The number of ether oxygens (including phenoxy) is 1. The van der Waals surface area contributed by atoms with E-state index < -0.39 is 0 Å². The maximum absolute atomic E-state index is 11.3. The summed E-state index contributed by atoms with van der Waals surface area (Å²) in [5.74, 6) is 0.548. The molecule has 2 N–H and O–H groups in total. The number of hydrogen-bond acceptors (Lipinski definition) is 2. The van der Waals surface area contributed by atoms with E-state index in [4.69, 9.17) is 4.74 Å². The third kappa shape index (κ3) is 3.14. The van der Waals surface area contributed by atoms with E-state index in [1.807, 2.05) is 0 Å². The van der Waals surface area contributed by atoms with Gasteiger partial charge in [0.2, 0.25) is 0 Å². The molecule has 0 atom stereocenters. The SMILES string of the molecule is O=C(N[NH+]1CCOCC1)C1CC1.[Cl-]. The molecule has 2 fully saturated rings. The average Bonchev–Trinajstić information content (AvgIpc) is 2.88. The summed E-state index contributed by atoms with van der Waals surface area (Å²) in [6, 6.07) is 0. The van der Waals surface area contributed by atoms with E-state index in [1.165, 1.54) is 0 Å². The maximum Gasteiger partial charge on any atom is 0.268 e. The number of morpholine rings is 1. The predicted molar refractivity (Wildman–Crippen MR) is 42.4 cm³/mol. The van der Waals surface area contributed by atoms with Crippen molar-refractivity contribution >= 4 is 5.91 Å². The number of carbonyl (C=O) groups excluding carboxylic acids is 1. The molecular weight excluding hydrogens is 192 g/mol. The van der Waals surface area contributed by atoms with Crippen molar-refractivity contribution in [3.8, 4) is 0 Å². The zero-order valence-electron chi connectivity index (χ0n) is 7.51. The van der Waals surface area contributed by atoms with E-state index in [1.54, 1.807) is 0 Å². The van der Waals surface area contributed by atoms with Gasteiger partial charge in [-0.2, -0.15) is 0 Å². The van der Waals surface area contributed by atoms with Crippen molar-refractivity contribution in [3.05, 3.63) is 0 Å². The first-order valence-electron chi connectivity index (χ1n) is 4.59. The minimum atomic E-state index is 0. The van der Waals surface area contributed by atoms with Crippen molar-refractivity contribution in [1.82, 2.24) is 5.43 Å². The highest BCUT2D eigenvalue weighted by Gasteiger charge is 2.32. The molecule has 2 rings (SSSR count). The second-order valence-corrected chi connectivity index (χ2v) is 3.48. The number of hydrogen-bond donors (Lipinski definition) is 2. The first-order chi connectivity index (χ1) is 5.86. The predicted octanol–water partition coefficient (Wildman–Crippen LogP) is -4.65. The molecule has 13 heavy (non-hydrogen) atoms. The fourth-order valence-corrected chi connectivity index (χ4v) is 1.36. The van der Waals surface area contributed by atoms with Gasteiger partial charge in [-0.25, -0.2) is 10.4 Å². The zero-order chi connectivity index (χ0) is 8.39. The molecule has 5 heteroatoms. The third-order valence-corrected chi connectivity index (χ3v) is 2.34. The molecule has 1 amide bonds. The first-order valence-corrected chi connectivity index (χ1v) is 4.59. The number of quaternary nitrogens is 1. The minimum absolute atomic E-state index is 0. The van der Waals surface area contributed by atoms with Gasteiger partial charge in [-0.3, -0.25) is 4.79 Å². The van der Waals surface area contributed by atoms with Gasteiger partial charge in [0.1, 0.15) is 13.1 Å². The van der Waals surface area contributed by atoms with Crippen LogP contribution in [-0.4, -0.2) is 32.2 Å². The highest BCUT2D eigenvalue weighted by molar-refractivity contribution is 5.79. The Balaban J connectivity index is 0.000000845. The molecule has 1 aliphatic carbocycles. The van der Waals surface area contributed by atoms with Crippen LogP contribution in [0.25, 0.3) is 0 Å². The van der Waals surface area contributed by atoms with E-state index in [-0.39, 0.29) is 18.3 Å². The van der Waals surface area contributed by atoms with Crippen molar-refractivity contribution in [2.24, 2.45) is 5.92 Å². The summed E-state index contributed by atoms with van der Waals surface area (Å²) in [4.78, 5) is 11.3. The van der Waals surface area contributed by atoms with Crippen molar-refractivity contribution in [2.75, 3.05) is 26.3 Å². The summed E-state index contributed by atoms with van der Waals surface area (Å²) in [5, 5.41) is 1.16. The molecule has 0 bridgehead atoms. The number of nitrogens with one attached hydrogen (secondary N) is 2. The molecule has 4 nitrogen and oxygen atoms in total. The molecule has 0 aromatic heterocycles. The third-order valence-electron chi connectivity index (χ3n) is 2.34. The molecule has 0 spiro atoms. The molecule has 2 aliphatic rings.